The van der Waals surface area contributed by atoms with Gasteiger partial charge in [0, 0.05) is 20.0 Å². The van der Waals surface area contributed by atoms with Gasteiger partial charge in [-0.1, -0.05) is 44.6 Å². The minimum atomic E-state index is -3.42. The molecule has 0 aliphatic carbocycles. The highest BCUT2D eigenvalue weighted by Crippen LogP contribution is 2.17. The second-order valence-electron chi connectivity index (χ2n) is 5.09. The number of hydrogen-bond acceptors (Lipinski definition) is 3. The molecule has 6 heteroatoms. The average molecular weight is 314 g/mol. The fourth-order valence-corrected chi connectivity index (χ4v) is 3.28. The van der Waals surface area contributed by atoms with Gasteiger partial charge in [-0.3, -0.25) is 0 Å². The van der Waals surface area contributed by atoms with Gasteiger partial charge in [0.05, 0.1) is 9.88 Å². The predicted octanol–water partition coefficient (Wildman–Crippen LogP) is 2.18. The zero-order valence-corrected chi connectivity index (χ0v) is 13.8. The molecular formula is C14H22N2O2S2. The number of thiocarbonyl (C=S) groups is 1. The first-order chi connectivity index (χ1) is 9.27. The van der Waals surface area contributed by atoms with E-state index >= 15 is 0 Å². The van der Waals surface area contributed by atoms with E-state index in [9.17, 15) is 8.42 Å². The van der Waals surface area contributed by atoms with Crippen LogP contribution in [0.5, 0.6) is 0 Å². The van der Waals surface area contributed by atoms with Crippen LogP contribution in [0.15, 0.2) is 29.2 Å². The van der Waals surface area contributed by atoms with E-state index in [0.29, 0.717) is 28.8 Å². The molecule has 0 aliphatic heterocycles. The van der Waals surface area contributed by atoms with Gasteiger partial charge in [-0.05, 0) is 23.6 Å². The molecule has 2 N–H and O–H groups in total. The number of benzene rings is 1. The van der Waals surface area contributed by atoms with E-state index in [1.807, 2.05) is 6.92 Å². The topological polar surface area (TPSA) is 63.4 Å². The molecule has 1 rings (SSSR count). The van der Waals surface area contributed by atoms with Crippen LogP contribution in [-0.2, 0) is 16.4 Å². The molecule has 0 amide bonds. The lowest BCUT2D eigenvalue weighted by Gasteiger charge is -2.20. The lowest BCUT2D eigenvalue weighted by Crippen LogP contribution is -2.31. The van der Waals surface area contributed by atoms with E-state index in [1.54, 1.807) is 31.3 Å². The zero-order chi connectivity index (χ0) is 15.3. The maximum atomic E-state index is 12.4. The Bertz CT molecular complexity index is 553. The summed E-state index contributed by atoms with van der Waals surface area (Å²) in [7, 11) is -1.80. The highest BCUT2D eigenvalue weighted by Gasteiger charge is 2.21. The molecular weight excluding hydrogens is 292 g/mol. The van der Waals surface area contributed by atoms with Crippen LogP contribution in [0.2, 0.25) is 0 Å². The largest absolute Gasteiger partial charge is 0.393 e. The van der Waals surface area contributed by atoms with Gasteiger partial charge in [-0.15, -0.1) is 0 Å². The summed E-state index contributed by atoms with van der Waals surface area (Å²) >= 11 is 4.84. The third-order valence-electron chi connectivity index (χ3n) is 3.28. The molecule has 0 aliphatic rings. The highest BCUT2D eigenvalue weighted by molar-refractivity contribution is 7.89. The SMILES string of the molecule is CCC(C)CN(C)S(=O)(=O)c1ccc(CC(N)=S)cc1. The van der Waals surface area contributed by atoms with Gasteiger partial charge in [0.1, 0.15) is 0 Å². The summed E-state index contributed by atoms with van der Waals surface area (Å²) in [5, 5.41) is 0. The van der Waals surface area contributed by atoms with Crippen molar-refractivity contribution < 1.29 is 8.42 Å². The Balaban J connectivity index is 2.89. The maximum Gasteiger partial charge on any atom is 0.242 e. The summed E-state index contributed by atoms with van der Waals surface area (Å²) in [5.74, 6) is 0.337. The number of rotatable bonds is 7. The van der Waals surface area contributed by atoms with Crippen molar-refractivity contribution in [1.29, 1.82) is 0 Å². The molecule has 0 aromatic heterocycles. The molecule has 0 bridgehead atoms. The van der Waals surface area contributed by atoms with Gasteiger partial charge in [0.2, 0.25) is 10.0 Å². The summed E-state index contributed by atoms with van der Waals surface area (Å²) in [6, 6.07) is 6.72. The minimum Gasteiger partial charge on any atom is -0.393 e. The Morgan fingerprint density at radius 1 is 1.35 bits per heavy atom. The van der Waals surface area contributed by atoms with Crippen LogP contribution in [0, 0.1) is 5.92 Å². The van der Waals surface area contributed by atoms with E-state index in [2.05, 4.69) is 6.92 Å². The van der Waals surface area contributed by atoms with Crippen LogP contribution >= 0.6 is 12.2 Å². The maximum absolute atomic E-state index is 12.4. The van der Waals surface area contributed by atoms with Gasteiger partial charge in [0.25, 0.3) is 0 Å². The summed E-state index contributed by atoms with van der Waals surface area (Å²) < 4.78 is 26.2. The first-order valence-electron chi connectivity index (χ1n) is 6.61. The molecule has 1 aromatic rings. The van der Waals surface area contributed by atoms with Crippen molar-refractivity contribution >= 4 is 27.2 Å². The van der Waals surface area contributed by atoms with Crippen LogP contribution in [0.25, 0.3) is 0 Å². The third-order valence-corrected chi connectivity index (χ3v) is 5.26. The molecule has 20 heavy (non-hydrogen) atoms. The van der Waals surface area contributed by atoms with Crippen molar-refractivity contribution in [2.24, 2.45) is 11.7 Å². The molecule has 0 saturated carbocycles. The molecule has 0 heterocycles. The standard InChI is InChI=1S/C14H22N2O2S2/c1-4-11(2)10-16(3)20(17,18)13-7-5-12(6-8-13)9-14(15)19/h5-8,11H,4,9-10H2,1-3H3,(H2,15,19). The highest BCUT2D eigenvalue weighted by atomic mass is 32.2. The van der Waals surface area contributed by atoms with Crippen molar-refractivity contribution in [1.82, 2.24) is 4.31 Å². The Hall–Kier alpha value is -0.980. The fourth-order valence-electron chi connectivity index (χ4n) is 1.83. The molecule has 1 aromatic carbocycles. The number of hydrogen-bond donors (Lipinski definition) is 1. The van der Waals surface area contributed by atoms with Crippen molar-refractivity contribution in [2.75, 3.05) is 13.6 Å². The number of nitrogens with two attached hydrogens (primary N) is 1. The molecule has 0 saturated heterocycles. The van der Waals surface area contributed by atoms with E-state index in [-0.39, 0.29) is 0 Å². The van der Waals surface area contributed by atoms with Crippen LogP contribution in [-0.4, -0.2) is 31.3 Å². The van der Waals surface area contributed by atoms with Gasteiger partial charge in [-0.2, -0.15) is 0 Å². The average Bonchev–Trinajstić information content (AvgIpc) is 2.38. The fraction of sp³-hybridized carbons (Fsp3) is 0.500. The lowest BCUT2D eigenvalue weighted by molar-refractivity contribution is 0.393. The number of nitrogens with zero attached hydrogens (tertiary/aromatic N) is 1. The molecule has 0 radical (unpaired) electrons. The van der Waals surface area contributed by atoms with E-state index in [1.165, 1.54) is 4.31 Å². The predicted molar refractivity (Wildman–Crippen MR) is 86.2 cm³/mol. The van der Waals surface area contributed by atoms with E-state index in [0.717, 1.165) is 12.0 Å². The van der Waals surface area contributed by atoms with Crippen molar-refractivity contribution in [3.8, 4) is 0 Å². The van der Waals surface area contributed by atoms with Crippen molar-refractivity contribution in [2.45, 2.75) is 31.6 Å². The quantitative estimate of drug-likeness (QED) is 0.784. The van der Waals surface area contributed by atoms with Gasteiger partial charge >= 0.3 is 0 Å². The van der Waals surface area contributed by atoms with Crippen LogP contribution in [0.4, 0.5) is 0 Å². The summed E-state index contributed by atoms with van der Waals surface area (Å²) in [5.41, 5.74) is 6.39. The van der Waals surface area contributed by atoms with Crippen molar-refractivity contribution in [3.63, 3.8) is 0 Å². The van der Waals surface area contributed by atoms with Gasteiger partial charge < -0.3 is 5.73 Å². The minimum absolute atomic E-state index is 0.301. The molecule has 0 fully saturated rings. The summed E-state index contributed by atoms with van der Waals surface area (Å²) in [6.07, 6.45) is 1.44. The first-order valence-corrected chi connectivity index (χ1v) is 8.45. The Labute approximate surface area is 127 Å². The first kappa shape index (κ1) is 17.1. The van der Waals surface area contributed by atoms with E-state index < -0.39 is 10.0 Å². The molecule has 1 unspecified atom stereocenters. The zero-order valence-electron chi connectivity index (χ0n) is 12.2. The van der Waals surface area contributed by atoms with Crippen LogP contribution in [0.3, 0.4) is 0 Å². The van der Waals surface area contributed by atoms with E-state index in [4.69, 9.17) is 18.0 Å². The van der Waals surface area contributed by atoms with Gasteiger partial charge in [0.15, 0.2) is 0 Å². The molecule has 0 spiro atoms. The summed E-state index contributed by atoms with van der Waals surface area (Å²) in [4.78, 5) is 0.699. The normalized spacial score (nSPS) is 13.4. The molecule has 1 atom stereocenters. The van der Waals surface area contributed by atoms with Gasteiger partial charge in [-0.25, -0.2) is 12.7 Å². The van der Waals surface area contributed by atoms with Crippen molar-refractivity contribution in [3.05, 3.63) is 29.8 Å². The Morgan fingerprint density at radius 3 is 2.35 bits per heavy atom. The lowest BCUT2D eigenvalue weighted by atomic mass is 10.1. The monoisotopic (exact) mass is 314 g/mol. The summed E-state index contributed by atoms with van der Waals surface area (Å²) in [6.45, 7) is 4.61. The third kappa shape index (κ3) is 4.54. The Kier molecular flexibility index (Phi) is 6.10. The second kappa shape index (κ2) is 7.15. The van der Waals surface area contributed by atoms with Crippen LogP contribution in [0.1, 0.15) is 25.8 Å². The molecule has 4 nitrogen and oxygen atoms in total. The van der Waals surface area contributed by atoms with Crippen LogP contribution < -0.4 is 5.73 Å². The smallest absolute Gasteiger partial charge is 0.242 e. The number of sulfonamides is 1. The Morgan fingerprint density at radius 2 is 1.90 bits per heavy atom. The molecule has 112 valence electrons. The second-order valence-corrected chi connectivity index (χ2v) is 7.66.